The van der Waals surface area contributed by atoms with E-state index < -0.39 is 35.4 Å². The number of hydrogen-bond acceptors (Lipinski definition) is 5. The fourth-order valence-corrected chi connectivity index (χ4v) is 6.70. The fraction of sp³-hybridized carbons (Fsp3) is 0.600. The number of allylic oxidation sites excluding steroid dienone is 2. The maximum Gasteiger partial charge on any atom is 0.234 e. The summed E-state index contributed by atoms with van der Waals surface area (Å²) < 4.78 is 13.8. The van der Waals surface area contributed by atoms with Crippen LogP contribution < -0.4 is 0 Å². The molecule has 1 heterocycles. The van der Waals surface area contributed by atoms with Gasteiger partial charge >= 0.3 is 0 Å². The quantitative estimate of drug-likeness (QED) is 0.315. The van der Waals surface area contributed by atoms with E-state index in [1.807, 2.05) is 19.9 Å². The number of halogens is 1. The summed E-state index contributed by atoms with van der Waals surface area (Å²) in [4.78, 5) is 28.5. The van der Waals surface area contributed by atoms with Gasteiger partial charge in [0.1, 0.15) is 0 Å². The number of fused-ring (bicyclic) bond motifs is 1. The second-order valence-corrected chi connectivity index (χ2v) is 10.8. The number of amides is 2. The smallest absolute Gasteiger partial charge is 0.234 e. The third kappa shape index (κ3) is 5.53. The Balaban J connectivity index is 1.53. The van der Waals surface area contributed by atoms with Crippen molar-refractivity contribution in [3.05, 3.63) is 46.3 Å². The minimum absolute atomic E-state index is 0.0425. The summed E-state index contributed by atoms with van der Waals surface area (Å²) in [6, 6.07) is 4.21. The highest BCUT2D eigenvalue weighted by molar-refractivity contribution is 6.06. The molecule has 1 aromatic rings. The molecule has 1 aliphatic heterocycles. The van der Waals surface area contributed by atoms with Crippen molar-refractivity contribution in [1.82, 2.24) is 4.90 Å². The van der Waals surface area contributed by atoms with Gasteiger partial charge in [0.05, 0.1) is 24.5 Å². The van der Waals surface area contributed by atoms with Gasteiger partial charge in [-0.25, -0.2) is 4.39 Å². The molecule has 1 aromatic carbocycles. The molecule has 2 fully saturated rings. The van der Waals surface area contributed by atoms with Crippen molar-refractivity contribution in [3.63, 3.8) is 0 Å². The van der Waals surface area contributed by atoms with Gasteiger partial charge in [-0.1, -0.05) is 56.4 Å². The van der Waals surface area contributed by atoms with Gasteiger partial charge in [-0.3, -0.25) is 14.5 Å². The van der Waals surface area contributed by atoms with E-state index in [1.54, 1.807) is 6.07 Å². The Hall–Kier alpha value is -2.51. The molecule has 0 aromatic heterocycles. The maximum absolute atomic E-state index is 13.8. The van der Waals surface area contributed by atoms with E-state index in [1.165, 1.54) is 17.0 Å². The molecule has 3 aliphatic rings. The molecule has 0 unspecified atom stereocenters. The minimum Gasteiger partial charge on any atom is -0.505 e. The molecule has 0 bridgehead atoms. The van der Waals surface area contributed by atoms with E-state index in [4.69, 9.17) is 0 Å². The van der Waals surface area contributed by atoms with Crippen LogP contribution in [0.25, 0.3) is 6.08 Å². The standard InChI is InChI=1S/C30H40FNO5/c1-3-18(14-19-11-12-25(34)24(31)15-19)10-13-26(35)27-20(4-2)16-22-28(23(27)17-33)30(37)32(29(22)36)21-8-6-5-7-9-21/h11-12,14-15,21-23,26,28,33-35H,3-10,13,16-17H2,1-2H3/b18-14+/t22-,23+,26-,28-/m1/s1. The Morgan fingerprint density at radius 3 is 2.51 bits per heavy atom. The van der Waals surface area contributed by atoms with Gasteiger partial charge in [-0.15, -0.1) is 0 Å². The Morgan fingerprint density at radius 1 is 1.16 bits per heavy atom. The summed E-state index contributed by atoms with van der Waals surface area (Å²) >= 11 is 0. The first-order valence-corrected chi connectivity index (χ1v) is 13.9. The van der Waals surface area contributed by atoms with E-state index in [2.05, 4.69) is 0 Å². The second-order valence-electron chi connectivity index (χ2n) is 10.8. The van der Waals surface area contributed by atoms with Crippen LogP contribution in [0.5, 0.6) is 5.75 Å². The molecule has 1 saturated carbocycles. The molecule has 4 atom stereocenters. The zero-order valence-electron chi connectivity index (χ0n) is 22.0. The van der Waals surface area contributed by atoms with Crippen molar-refractivity contribution >= 4 is 17.9 Å². The van der Waals surface area contributed by atoms with E-state index in [0.29, 0.717) is 37.7 Å². The number of imide groups is 1. The zero-order valence-corrected chi connectivity index (χ0v) is 22.0. The SMILES string of the molecule is CCC1=C([C@H](O)CC/C(=C/c2ccc(O)c(F)c2)CC)[C@H](CO)[C@@H]2C(=O)N(C3CCCCC3)C(=O)[C@@H]2C1. The highest BCUT2D eigenvalue weighted by Gasteiger charge is 2.56. The van der Waals surface area contributed by atoms with Crippen molar-refractivity contribution in [2.45, 2.75) is 90.2 Å². The maximum atomic E-state index is 13.8. The molecule has 4 rings (SSSR count). The summed E-state index contributed by atoms with van der Waals surface area (Å²) in [5, 5.41) is 31.2. The number of benzene rings is 1. The molecule has 1 saturated heterocycles. The zero-order chi connectivity index (χ0) is 26.7. The predicted octanol–water partition coefficient (Wildman–Crippen LogP) is 5.12. The molecule has 202 valence electrons. The lowest BCUT2D eigenvalue weighted by atomic mass is 9.67. The van der Waals surface area contributed by atoms with E-state index in [0.717, 1.165) is 48.8 Å². The lowest BCUT2D eigenvalue weighted by molar-refractivity contribution is -0.143. The van der Waals surface area contributed by atoms with Crippen molar-refractivity contribution in [1.29, 1.82) is 0 Å². The molecule has 2 amide bonds. The number of carbonyl (C=O) groups is 2. The van der Waals surface area contributed by atoms with Crippen LogP contribution in [0, 0.1) is 23.6 Å². The number of phenolic OH excluding ortho intramolecular Hbond substituents is 1. The van der Waals surface area contributed by atoms with Crippen LogP contribution in [0.15, 0.2) is 34.9 Å². The van der Waals surface area contributed by atoms with Gasteiger partial charge in [0.15, 0.2) is 11.6 Å². The first kappa shape index (κ1) is 27.5. The highest BCUT2D eigenvalue weighted by atomic mass is 19.1. The normalized spacial score (nSPS) is 26.1. The van der Waals surface area contributed by atoms with Crippen LogP contribution in [0.2, 0.25) is 0 Å². The summed E-state index contributed by atoms with van der Waals surface area (Å²) in [5.74, 6) is -2.97. The molecule has 37 heavy (non-hydrogen) atoms. The number of rotatable bonds is 9. The van der Waals surface area contributed by atoms with Gasteiger partial charge in [0, 0.05) is 12.0 Å². The van der Waals surface area contributed by atoms with Crippen LogP contribution in [0.3, 0.4) is 0 Å². The van der Waals surface area contributed by atoms with Crippen molar-refractivity contribution < 1.29 is 29.3 Å². The van der Waals surface area contributed by atoms with Gasteiger partial charge in [-0.2, -0.15) is 0 Å². The lowest BCUT2D eigenvalue weighted by Crippen LogP contribution is -2.42. The van der Waals surface area contributed by atoms with Crippen LogP contribution in [0.4, 0.5) is 4.39 Å². The average molecular weight is 514 g/mol. The lowest BCUT2D eigenvalue weighted by Gasteiger charge is -2.36. The molecule has 7 heteroatoms. The number of aliphatic hydroxyl groups excluding tert-OH is 2. The Bertz CT molecular complexity index is 1070. The molecular weight excluding hydrogens is 473 g/mol. The third-order valence-electron chi connectivity index (χ3n) is 8.68. The highest BCUT2D eigenvalue weighted by Crippen LogP contribution is 2.48. The first-order valence-electron chi connectivity index (χ1n) is 13.9. The van der Waals surface area contributed by atoms with Gasteiger partial charge in [0.25, 0.3) is 0 Å². The Morgan fingerprint density at radius 2 is 1.89 bits per heavy atom. The summed E-state index contributed by atoms with van der Waals surface area (Å²) in [6.07, 6.45) is 8.69. The number of phenols is 1. The number of likely N-dealkylation sites (tertiary alicyclic amines) is 1. The number of carbonyl (C=O) groups excluding carboxylic acids is 2. The summed E-state index contributed by atoms with van der Waals surface area (Å²) in [7, 11) is 0. The Labute approximate surface area is 218 Å². The second kappa shape index (κ2) is 11.9. The molecule has 6 nitrogen and oxygen atoms in total. The summed E-state index contributed by atoms with van der Waals surface area (Å²) in [5.41, 5.74) is 3.36. The largest absolute Gasteiger partial charge is 0.505 e. The number of nitrogens with zero attached hydrogens (tertiary/aromatic N) is 1. The van der Waals surface area contributed by atoms with Crippen molar-refractivity contribution in [2.24, 2.45) is 17.8 Å². The Kier molecular flexibility index (Phi) is 8.86. The number of hydrogen-bond donors (Lipinski definition) is 3. The molecular formula is C30H40FNO5. The summed E-state index contributed by atoms with van der Waals surface area (Å²) in [6.45, 7) is 3.71. The molecule has 2 aliphatic carbocycles. The van der Waals surface area contributed by atoms with E-state index >= 15 is 0 Å². The predicted molar refractivity (Wildman–Crippen MR) is 140 cm³/mol. The average Bonchev–Trinajstić information content (AvgIpc) is 3.16. The first-order chi connectivity index (χ1) is 17.8. The molecule has 0 spiro atoms. The van der Waals surface area contributed by atoms with E-state index in [9.17, 15) is 29.3 Å². The monoisotopic (exact) mass is 513 g/mol. The van der Waals surface area contributed by atoms with Crippen LogP contribution in [-0.2, 0) is 9.59 Å². The van der Waals surface area contributed by atoms with Crippen LogP contribution in [-0.4, -0.2) is 50.8 Å². The topological polar surface area (TPSA) is 98.1 Å². The van der Waals surface area contributed by atoms with Crippen molar-refractivity contribution in [2.75, 3.05) is 6.61 Å². The van der Waals surface area contributed by atoms with Gasteiger partial charge in [0.2, 0.25) is 11.8 Å². The van der Waals surface area contributed by atoms with Gasteiger partial charge in [-0.05, 0) is 68.2 Å². The van der Waals surface area contributed by atoms with Gasteiger partial charge < -0.3 is 15.3 Å². The fourth-order valence-electron chi connectivity index (χ4n) is 6.70. The number of aliphatic hydroxyl groups is 2. The number of aromatic hydroxyl groups is 1. The minimum atomic E-state index is -0.841. The van der Waals surface area contributed by atoms with Crippen LogP contribution in [0.1, 0.15) is 83.6 Å². The van der Waals surface area contributed by atoms with Crippen LogP contribution >= 0.6 is 0 Å². The molecule has 3 N–H and O–H groups in total. The van der Waals surface area contributed by atoms with E-state index in [-0.39, 0.29) is 24.5 Å². The van der Waals surface area contributed by atoms with Crippen molar-refractivity contribution in [3.8, 4) is 5.75 Å². The molecule has 0 radical (unpaired) electrons. The third-order valence-corrected chi connectivity index (χ3v) is 8.68.